The van der Waals surface area contributed by atoms with Crippen LogP contribution in [-0.2, 0) is 9.59 Å². The number of nitrogens with one attached hydrogen (secondary N) is 2. The van der Waals surface area contributed by atoms with E-state index in [1.54, 1.807) is 6.07 Å². The topological polar surface area (TPSA) is 79.8 Å². The van der Waals surface area contributed by atoms with Crippen LogP contribution in [0.2, 0.25) is 0 Å². The molecule has 1 saturated heterocycles. The number of para-hydroxylation sites is 2. The maximum Gasteiger partial charge on any atom is 0.240 e. The Hall–Kier alpha value is -2.02. The minimum absolute atomic E-state index is 0.113. The Morgan fingerprint density at radius 3 is 2.96 bits per heavy atom. The summed E-state index contributed by atoms with van der Waals surface area (Å²) >= 11 is 1.34. The lowest BCUT2D eigenvalue weighted by atomic mass is 10.2. The van der Waals surface area contributed by atoms with Gasteiger partial charge in [0.1, 0.15) is 11.0 Å². The van der Waals surface area contributed by atoms with Crippen molar-refractivity contribution in [2.24, 2.45) is 4.99 Å². The zero-order valence-corrected chi connectivity index (χ0v) is 14.4. The number of aliphatic imine (C=N–C) groups is 1. The maximum atomic E-state index is 12.3. The first-order valence-electron chi connectivity index (χ1n) is 8.22. The van der Waals surface area contributed by atoms with Crippen molar-refractivity contribution in [1.29, 1.82) is 0 Å². The molecule has 1 heterocycles. The SMILES string of the molecule is CCCOc1ccccc1NC(=O)C[C@@H]1SC(=NC2CC2)NC1=O. The number of ether oxygens (including phenoxy) is 1. The zero-order valence-electron chi connectivity index (χ0n) is 13.6. The van der Waals surface area contributed by atoms with Crippen molar-refractivity contribution in [3.05, 3.63) is 24.3 Å². The summed E-state index contributed by atoms with van der Waals surface area (Å²) < 4.78 is 5.63. The molecule has 128 valence electrons. The Kier molecular flexibility index (Phi) is 5.40. The molecule has 2 aliphatic rings. The van der Waals surface area contributed by atoms with Crippen LogP contribution in [0.3, 0.4) is 0 Å². The highest BCUT2D eigenvalue weighted by molar-refractivity contribution is 8.15. The summed E-state index contributed by atoms with van der Waals surface area (Å²) in [4.78, 5) is 28.7. The number of benzene rings is 1. The third-order valence-electron chi connectivity index (χ3n) is 3.62. The van der Waals surface area contributed by atoms with Gasteiger partial charge in [0.2, 0.25) is 11.8 Å². The van der Waals surface area contributed by atoms with E-state index in [4.69, 9.17) is 4.74 Å². The number of carbonyl (C=O) groups is 2. The molecule has 2 fully saturated rings. The van der Waals surface area contributed by atoms with Gasteiger partial charge in [-0.05, 0) is 31.4 Å². The van der Waals surface area contributed by atoms with Crippen molar-refractivity contribution >= 4 is 34.4 Å². The van der Waals surface area contributed by atoms with Crippen LogP contribution in [0, 0.1) is 0 Å². The van der Waals surface area contributed by atoms with E-state index in [1.807, 2.05) is 25.1 Å². The molecule has 6 nitrogen and oxygen atoms in total. The number of thioether (sulfide) groups is 1. The van der Waals surface area contributed by atoms with Crippen LogP contribution in [0.1, 0.15) is 32.6 Å². The second-order valence-electron chi connectivity index (χ2n) is 5.86. The molecule has 0 bridgehead atoms. The highest BCUT2D eigenvalue weighted by Gasteiger charge is 2.33. The van der Waals surface area contributed by atoms with Crippen molar-refractivity contribution in [3.63, 3.8) is 0 Å². The molecule has 24 heavy (non-hydrogen) atoms. The normalized spacial score (nSPS) is 21.6. The van der Waals surface area contributed by atoms with Gasteiger partial charge in [-0.1, -0.05) is 30.8 Å². The highest BCUT2D eigenvalue weighted by Crippen LogP contribution is 2.29. The van der Waals surface area contributed by atoms with Crippen LogP contribution in [0.15, 0.2) is 29.3 Å². The molecule has 1 atom stereocenters. The smallest absolute Gasteiger partial charge is 0.240 e. The van der Waals surface area contributed by atoms with E-state index in [-0.39, 0.29) is 18.2 Å². The predicted molar refractivity (Wildman–Crippen MR) is 95.5 cm³/mol. The number of anilines is 1. The number of amidine groups is 1. The van der Waals surface area contributed by atoms with Crippen LogP contribution in [0.25, 0.3) is 0 Å². The van der Waals surface area contributed by atoms with Crippen molar-refractivity contribution in [2.45, 2.75) is 43.9 Å². The number of hydrogen-bond acceptors (Lipinski definition) is 5. The monoisotopic (exact) mass is 347 g/mol. The van der Waals surface area contributed by atoms with Gasteiger partial charge in [-0.2, -0.15) is 0 Å². The Labute approximate surface area is 145 Å². The van der Waals surface area contributed by atoms with Crippen LogP contribution < -0.4 is 15.4 Å². The zero-order chi connectivity index (χ0) is 16.9. The van der Waals surface area contributed by atoms with E-state index in [2.05, 4.69) is 15.6 Å². The van der Waals surface area contributed by atoms with Gasteiger partial charge in [-0.15, -0.1) is 0 Å². The van der Waals surface area contributed by atoms with Gasteiger partial charge in [0.05, 0.1) is 18.3 Å². The molecule has 0 aromatic heterocycles. The molecule has 1 saturated carbocycles. The molecule has 0 unspecified atom stereocenters. The first-order chi connectivity index (χ1) is 11.7. The summed E-state index contributed by atoms with van der Waals surface area (Å²) in [5, 5.41) is 5.81. The van der Waals surface area contributed by atoms with Gasteiger partial charge in [0, 0.05) is 6.42 Å². The number of nitrogens with zero attached hydrogens (tertiary/aromatic N) is 1. The van der Waals surface area contributed by atoms with Crippen molar-refractivity contribution in [3.8, 4) is 5.75 Å². The Bertz CT molecular complexity index is 658. The number of hydrogen-bond donors (Lipinski definition) is 2. The summed E-state index contributed by atoms with van der Waals surface area (Å²) in [7, 11) is 0. The van der Waals surface area contributed by atoms with Crippen LogP contribution in [0.5, 0.6) is 5.75 Å². The number of rotatable bonds is 7. The van der Waals surface area contributed by atoms with Gasteiger partial charge in [0.25, 0.3) is 0 Å². The quantitative estimate of drug-likeness (QED) is 0.794. The van der Waals surface area contributed by atoms with E-state index in [9.17, 15) is 9.59 Å². The minimum atomic E-state index is -0.425. The van der Waals surface area contributed by atoms with Crippen LogP contribution >= 0.6 is 11.8 Å². The number of amides is 2. The van der Waals surface area contributed by atoms with E-state index in [0.717, 1.165) is 19.3 Å². The molecule has 1 aliphatic heterocycles. The van der Waals surface area contributed by atoms with Gasteiger partial charge in [-0.3, -0.25) is 14.6 Å². The Morgan fingerprint density at radius 1 is 1.42 bits per heavy atom. The lowest BCUT2D eigenvalue weighted by Crippen LogP contribution is -2.28. The lowest BCUT2D eigenvalue weighted by molar-refractivity contribution is -0.122. The second kappa shape index (κ2) is 7.70. The summed E-state index contributed by atoms with van der Waals surface area (Å²) in [6, 6.07) is 7.67. The predicted octanol–water partition coefficient (Wildman–Crippen LogP) is 2.55. The fraction of sp³-hybridized carbons (Fsp3) is 0.471. The van der Waals surface area contributed by atoms with Crippen LogP contribution in [0.4, 0.5) is 5.69 Å². The van der Waals surface area contributed by atoms with E-state index in [0.29, 0.717) is 29.3 Å². The molecule has 0 spiro atoms. The maximum absolute atomic E-state index is 12.3. The van der Waals surface area contributed by atoms with Crippen molar-refractivity contribution in [1.82, 2.24) is 5.32 Å². The molecule has 7 heteroatoms. The fourth-order valence-corrected chi connectivity index (χ4v) is 3.29. The fourth-order valence-electron chi connectivity index (χ4n) is 2.25. The van der Waals surface area contributed by atoms with E-state index in [1.165, 1.54) is 11.8 Å². The van der Waals surface area contributed by atoms with Crippen LogP contribution in [-0.4, -0.2) is 34.9 Å². The summed E-state index contributed by atoms with van der Waals surface area (Å²) in [6.07, 6.45) is 3.17. The molecule has 0 radical (unpaired) electrons. The molecule has 3 rings (SSSR count). The van der Waals surface area contributed by atoms with Gasteiger partial charge >= 0.3 is 0 Å². The molecule has 2 amide bonds. The molecule has 2 N–H and O–H groups in total. The first kappa shape index (κ1) is 16.8. The molecule has 1 aliphatic carbocycles. The largest absolute Gasteiger partial charge is 0.491 e. The second-order valence-corrected chi connectivity index (χ2v) is 7.05. The van der Waals surface area contributed by atoms with Crippen molar-refractivity contribution in [2.75, 3.05) is 11.9 Å². The third kappa shape index (κ3) is 4.50. The van der Waals surface area contributed by atoms with E-state index >= 15 is 0 Å². The Balaban J connectivity index is 1.57. The number of carbonyl (C=O) groups excluding carboxylic acids is 2. The third-order valence-corrected chi connectivity index (χ3v) is 4.71. The standard InChI is InChI=1S/C17H21N3O3S/c1-2-9-23-13-6-4-3-5-12(13)19-15(21)10-14-16(22)20-17(24-14)18-11-7-8-11/h3-6,11,14H,2,7-10H2,1H3,(H,19,21)(H,18,20,22)/t14-/m0/s1. The van der Waals surface area contributed by atoms with Gasteiger partial charge in [-0.25, -0.2) is 0 Å². The summed E-state index contributed by atoms with van der Waals surface area (Å²) in [6.45, 7) is 2.62. The molecular formula is C17H21N3O3S. The molecular weight excluding hydrogens is 326 g/mol. The Morgan fingerprint density at radius 2 is 2.21 bits per heavy atom. The van der Waals surface area contributed by atoms with Gasteiger partial charge < -0.3 is 15.4 Å². The average Bonchev–Trinajstić information content (AvgIpc) is 3.30. The first-order valence-corrected chi connectivity index (χ1v) is 9.10. The van der Waals surface area contributed by atoms with Crippen molar-refractivity contribution < 1.29 is 14.3 Å². The average molecular weight is 347 g/mol. The highest BCUT2D eigenvalue weighted by atomic mass is 32.2. The molecule has 1 aromatic rings. The summed E-state index contributed by atoms with van der Waals surface area (Å²) in [5.74, 6) is 0.292. The molecule has 1 aromatic carbocycles. The van der Waals surface area contributed by atoms with Gasteiger partial charge in [0.15, 0.2) is 5.17 Å². The summed E-state index contributed by atoms with van der Waals surface area (Å²) in [5.41, 5.74) is 0.631. The lowest BCUT2D eigenvalue weighted by Gasteiger charge is -2.12. The minimum Gasteiger partial charge on any atom is -0.491 e. The van der Waals surface area contributed by atoms with E-state index < -0.39 is 5.25 Å².